The predicted molar refractivity (Wildman–Crippen MR) is 107 cm³/mol. The van der Waals surface area contributed by atoms with Gasteiger partial charge in [-0.1, -0.05) is 17.8 Å². The van der Waals surface area contributed by atoms with Crippen LogP contribution >= 0.6 is 11.8 Å². The first kappa shape index (κ1) is 19.0. The minimum Gasteiger partial charge on any atom is -0.339 e. The molecule has 1 aliphatic rings. The number of thioether (sulfide) groups is 1. The Balaban J connectivity index is 1.61. The summed E-state index contributed by atoms with van der Waals surface area (Å²) in [7, 11) is 0. The summed E-state index contributed by atoms with van der Waals surface area (Å²) in [6, 6.07) is 7.00. The summed E-state index contributed by atoms with van der Waals surface area (Å²) >= 11 is 1.52. The molecule has 0 aliphatic carbocycles. The second-order valence-electron chi connectivity index (χ2n) is 7.22. The number of rotatable bonds is 5. The van der Waals surface area contributed by atoms with Crippen molar-refractivity contribution in [1.29, 1.82) is 0 Å². The van der Waals surface area contributed by atoms with Crippen molar-refractivity contribution in [1.82, 2.24) is 19.4 Å². The van der Waals surface area contributed by atoms with E-state index in [4.69, 9.17) is 0 Å². The fourth-order valence-electron chi connectivity index (χ4n) is 3.39. The lowest BCUT2D eigenvalue weighted by molar-refractivity contribution is -0.130. The first-order valence-corrected chi connectivity index (χ1v) is 10.2. The minimum atomic E-state index is 0.202. The lowest BCUT2D eigenvalue weighted by atomic mass is 10.1. The van der Waals surface area contributed by atoms with Crippen LogP contribution in [0.15, 0.2) is 35.7 Å². The molecule has 0 radical (unpaired) electrons. The van der Waals surface area contributed by atoms with Gasteiger partial charge in [-0.25, -0.2) is 4.98 Å². The Morgan fingerprint density at radius 3 is 2.38 bits per heavy atom. The van der Waals surface area contributed by atoms with Crippen LogP contribution in [0.4, 0.5) is 0 Å². The van der Waals surface area contributed by atoms with Gasteiger partial charge in [-0.3, -0.25) is 14.3 Å². The SMILES string of the molecule is Cc1cc(C)cc(-n2ccnc2SCC(=O)N2CCN(C(C)C)CC2)c1. The molecular formula is C20H28N4OS. The van der Waals surface area contributed by atoms with Crippen LogP contribution in [0.1, 0.15) is 25.0 Å². The van der Waals surface area contributed by atoms with Gasteiger partial charge in [0.1, 0.15) is 0 Å². The molecule has 5 nitrogen and oxygen atoms in total. The number of hydrogen-bond donors (Lipinski definition) is 0. The molecule has 2 aromatic rings. The number of carbonyl (C=O) groups excluding carboxylic acids is 1. The Morgan fingerprint density at radius 1 is 1.12 bits per heavy atom. The number of hydrogen-bond acceptors (Lipinski definition) is 4. The predicted octanol–water partition coefficient (Wildman–Crippen LogP) is 3.13. The zero-order chi connectivity index (χ0) is 18.7. The average Bonchev–Trinajstić information content (AvgIpc) is 3.07. The molecule has 0 N–H and O–H groups in total. The maximum absolute atomic E-state index is 12.6. The van der Waals surface area contributed by atoms with E-state index in [-0.39, 0.29) is 5.91 Å². The number of amides is 1. The van der Waals surface area contributed by atoms with Crippen LogP contribution < -0.4 is 0 Å². The molecule has 140 valence electrons. The molecule has 2 heterocycles. The van der Waals surface area contributed by atoms with Crippen molar-refractivity contribution in [3.05, 3.63) is 41.7 Å². The quantitative estimate of drug-likeness (QED) is 0.756. The second kappa shape index (κ2) is 8.27. The molecule has 1 aliphatic heterocycles. The monoisotopic (exact) mass is 372 g/mol. The zero-order valence-corrected chi connectivity index (χ0v) is 16.9. The Labute approximate surface area is 160 Å². The average molecular weight is 373 g/mol. The van der Waals surface area contributed by atoms with E-state index in [1.807, 2.05) is 11.1 Å². The summed E-state index contributed by atoms with van der Waals surface area (Å²) in [5.41, 5.74) is 3.55. The molecule has 0 atom stereocenters. The largest absolute Gasteiger partial charge is 0.339 e. The second-order valence-corrected chi connectivity index (χ2v) is 8.17. The minimum absolute atomic E-state index is 0.202. The highest BCUT2D eigenvalue weighted by atomic mass is 32.2. The van der Waals surface area contributed by atoms with Crippen molar-refractivity contribution in [2.45, 2.75) is 38.9 Å². The molecule has 1 fully saturated rings. The third-order valence-corrected chi connectivity index (χ3v) is 5.77. The van der Waals surface area contributed by atoms with Crippen LogP contribution in [0.25, 0.3) is 5.69 Å². The van der Waals surface area contributed by atoms with E-state index in [1.54, 1.807) is 6.20 Å². The van der Waals surface area contributed by atoms with Gasteiger partial charge in [0, 0.05) is 50.3 Å². The number of aromatic nitrogens is 2. The van der Waals surface area contributed by atoms with Crippen LogP contribution in [0.5, 0.6) is 0 Å². The molecule has 3 rings (SSSR count). The van der Waals surface area contributed by atoms with Gasteiger partial charge in [0.25, 0.3) is 0 Å². The Morgan fingerprint density at radius 2 is 1.77 bits per heavy atom. The lowest BCUT2D eigenvalue weighted by Gasteiger charge is -2.36. The molecule has 0 spiro atoms. The third-order valence-electron chi connectivity index (χ3n) is 4.81. The summed E-state index contributed by atoms with van der Waals surface area (Å²) in [6.45, 7) is 12.2. The highest BCUT2D eigenvalue weighted by molar-refractivity contribution is 7.99. The highest BCUT2D eigenvalue weighted by Gasteiger charge is 2.22. The van der Waals surface area contributed by atoms with Crippen molar-refractivity contribution in [2.24, 2.45) is 0 Å². The number of aryl methyl sites for hydroxylation is 2. The standard InChI is InChI=1S/C20H28N4OS/c1-15(2)22-7-9-23(10-8-22)19(25)14-26-20-21-5-6-24(20)18-12-16(3)11-17(4)13-18/h5-6,11-13,15H,7-10,14H2,1-4H3. The summed E-state index contributed by atoms with van der Waals surface area (Å²) in [5, 5.41) is 0.865. The summed E-state index contributed by atoms with van der Waals surface area (Å²) < 4.78 is 2.06. The van der Waals surface area contributed by atoms with E-state index in [1.165, 1.54) is 22.9 Å². The fourth-order valence-corrected chi connectivity index (χ4v) is 4.26. The summed E-state index contributed by atoms with van der Waals surface area (Å²) in [6.07, 6.45) is 3.76. The normalized spacial score (nSPS) is 15.7. The third kappa shape index (κ3) is 4.48. The van der Waals surface area contributed by atoms with E-state index in [2.05, 4.69) is 60.3 Å². The molecule has 1 aromatic carbocycles. The number of benzene rings is 1. The molecule has 0 saturated carbocycles. The molecule has 1 aromatic heterocycles. The first-order valence-electron chi connectivity index (χ1n) is 9.20. The molecule has 1 saturated heterocycles. The fraction of sp³-hybridized carbons (Fsp3) is 0.500. The van der Waals surface area contributed by atoms with Gasteiger partial charge in [0.2, 0.25) is 5.91 Å². The summed E-state index contributed by atoms with van der Waals surface area (Å²) in [4.78, 5) is 21.4. The lowest BCUT2D eigenvalue weighted by Crippen LogP contribution is -2.51. The Kier molecular flexibility index (Phi) is 6.04. The van der Waals surface area contributed by atoms with Gasteiger partial charge in [-0.05, 0) is 51.0 Å². The topological polar surface area (TPSA) is 41.4 Å². The van der Waals surface area contributed by atoms with Crippen LogP contribution in [0.3, 0.4) is 0 Å². The Bertz CT molecular complexity index is 743. The molecule has 6 heteroatoms. The van der Waals surface area contributed by atoms with E-state index in [0.717, 1.165) is 37.0 Å². The van der Waals surface area contributed by atoms with Gasteiger partial charge in [-0.2, -0.15) is 0 Å². The number of nitrogens with zero attached hydrogens (tertiary/aromatic N) is 4. The first-order chi connectivity index (χ1) is 12.4. The summed E-state index contributed by atoms with van der Waals surface area (Å²) in [5.74, 6) is 0.636. The van der Waals surface area contributed by atoms with Crippen molar-refractivity contribution >= 4 is 17.7 Å². The van der Waals surface area contributed by atoms with Crippen LogP contribution in [0.2, 0.25) is 0 Å². The van der Waals surface area contributed by atoms with Gasteiger partial charge in [0.15, 0.2) is 5.16 Å². The van der Waals surface area contributed by atoms with Crippen molar-refractivity contribution in [3.63, 3.8) is 0 Å². The van der Waals surface area contributed by atoms with Gasteiger partial charge in [0.05, 0.1) is 5.75 Å². The van der Waals surface area contributed by atoms with Crippen LogP contribution in [-0.4, -0.2) is 63.2 Å². The van der Waals surface area contributed by atoms with Crippen LogP contribution in [0, 0.1) is 13.8 Å². The number of imidazole rings is 1. The number of carbonyl (C=O) groups is 1. The van der Waals surface area contributed by atoms with E-state index in [9.17, 15) is 4.79 Å². The molecule has 26 heavy (non-hydrogen) atoms. The van der Waals surface area contributed by atoms with Gasteiger partial charge in [-0.15, -0.1) is 0 Å². The van der Waals surface area contributed by atoms with Gasteiger partial charge < -0.3 is 4.90 Å². The highest BCUT2D eigenvalue weighted by Crippen LogP contribution is 2.22. The zero-order valence-electron chi connectivity index (χ0n) is 16.1. The Hall–Kier alpha value is -1.79. The van der Waals surface area contributed by atoms with Crippen molar-refractivity contribution in [2.75, 3.05) is 31.9 Å². The van der Waals surface area contributed by atoms with Crippen molar-refractivity contribution < 1.29 is 4.79 Å². The maximum Gasteiger partial charge on any atom is 0.233 e. The van der Waals surface area contributed by atoms with E-state index in [0.29, 0.717) is 11.8 Å². The molecule has 0 unspecified atom stereocenters. The van der Waals surface area contributed by atoms with Crippen LogP contribution in [-0.2, 0) is 4.79 Å². The molecular weight excluding hydrogens is 344 g/mol. The smallest absolute Gasteiger partial charge is 0.233 e. The van der Waals surface area contributed by atoms with Crippen molar-refractivity contribution in [3.8, 4) is 5.69 Å². The van der Waals surface area contributed by atoms with Gasteiger partial charge >= 0.3 is 0 Å². The molecule has 1 amide bonds. The maximum atomic E-state index is 12.6. The molecule has 0 bridgehead atoms. The number of piperazine rings is 1. The van der Waals surface area contributed by atoms with E-state index >= 15 is 0 Å². The van der Waals surface area contributed by atoms with E-state index < -0.39 is 0 Å².